The average Bonchev–Trinajstić information content (AvgIpc) is 3.02. The minimum Gasteiger partial charge on any atom is -0.481 e. The van der Waals surface area contributed by atoms with Crippen LogP contribution in [-0.4, -0.2) is 70.7 Å². The number of aliphatic hydroxyl groups excluding tert-OH is 1. The molecule has 5 rings (SSSR count). The van der Waals surface area contributed by atoms with Gasteiger partial charge in [0.2, 0.25) is 5.91 Å². The zero-order valence-corrected chi connectivity index (χ0v) is 24.6. The van der Waals surface area contributed by atoms with Gasteiger partial charge in [-0.05, 0) is 28.8 Å². The molecule has 3 aromatic carbocycles. The van der Waals surface area contributed by atoms with Crippen LogP contribution in [0.5, 0.6) is 0 Å². The van der Waals surface area contributed by atoms with Gasteiger partial charge in [0.25, 0.3) is 0 Å². The predicted octanol–water partition coefficient (Wildman–Crippen LogP) is 4.59. The van der Waals surface area contributed by atoms with Crippen LogP contribution in [0.25, 0.3) is 0 Å². The highest BCUT2D eigenvalue weighted by Gasteiger charge is 2.39. The Morgan fingerprint density at radius 1 is 0.837 bits per heavy atom. The third-order valence-corrected chi connectivity index (χ3v) is 8.28. The van der Waals surface area contributed by atoms with Gasteiger partial charge in [-0.25, -0.2) is 0 Å². The van der Waals surface area contributed by atoms with E-state index in [1.165, 1.54) is 5.56 Å². The standard InChI is InChI=1S/C34H41N3O6/c1-24-30(22-37-18-16-36(17-19-37)21-25-6-3-2-4-7-25)42-34(43-33(24)27-12-10-26(23-38)11-13-27)28-8-5-9-29(20-28)35-31(39)14-15-32(40)41/h2-13,20,24,30,33-34,38H,14-19,21-23H2,1H3,(H,35,39)(H,40,41)/t24-,30+,33+,34+/m1/s1. The molecule has 0 bridgehead atoms. The van der Waals surface area contributed by atoms with Gasteiger partial charge in [0.1, 0.15) is 0 Å². The van der Waals surface area contributed by atoms with Crippen LogP contribution in [0, 0.1) is 5.92 Å². The van der Waals surface area contributed by atoms with Gasteiger partial charge < -0.3 is 25.0 Å². The Morgan fingerprint density at radius 3 is 2.26 bits per heavy atom. The largest absolute Gasteiger partial charge is 0.481 e. The highest BCUT2D eigenvalue weighted by molar-refractivity contribution is 5.92. The fraction of sp³-hybridized carbons (Fsp3) is 0.412. The maximum absolute atomic E-state index is 12.3. The number of carboxylic acid groups (broad SMARTS) is 1. The quantitative estimate of drug-likeness (QED) is 0.299. The number of nitrogens with one attached hydrogen (secondary N) is 1. The maximum atomic E-state index is 12.3. The molecule has 4 atom stereocenters. The highest BCUT2D eigenvalue weighted by Crippen LogP contribution is 2.42. The molecule has 0 saturated carbocycles. The molecule has 2 aliphatic rings. The van der Waals surface area contributed by atoms with Crippen LogP contribution in [0.4, 0.5) is 5.69 Å². The van der Waals surface area contributed by atoms with Gasteiger partial charge in [-0.2, -0.15) is 0 Å². The van der Waals surface area contributed by atoms with Gasteiger partial charge in [0.15, 0.2) is 6.29 Å². The fourth-order valence-electron chi connectivity index (χ4n) is 5.76. The van der Waals surface area contributed by atoms with E-state index >= 15 is 0 Å². The Kier molecular flexibility index (Phi) is 10.6. The number of benzene rings is 3. The summed E-state index contributed by atoms with van der Waals surface area (Å²) in [7, 11) is 0. The molecule has 2 aliphatic heterocycles. The van der Waals surface area contributed by atoms with Gasteiger partial charge in [-0.15, -0.1) is 0 Å². The number of amides is 1. The summed E-state index contributed by atoms with van der Waals surface area (Å²) in [6.07, 6.45) is -1.31. The molecule has 3 N–H and O–H groups in total. The lowest BCUT2D eigenvalue weighted by Gasteiger charge is -2.44. The Bertz CT molecular complexity index is 1340. The zero-order valence-electron chi connectivity index (χ0n) is 24.6. The minimum atomic E-state index is -1.01. The Morgan fingerprint density at radius 2 is 1.56 bits per heavy atom. The van der Waals surface area contributed by atoms with Crippen molar-refractivity contribution in [3.63, 3.8) is 0 Å². The summed E-state index contributed by atoms with van der Waals surface area (Å²) in [5, 5.41) is 21.2. The number of aliphatic carboxylic acids is 1. The number of hydrogen-bond donors (Lipinski definition) is 3. The number of anilines is 1. The number of carbonyl (C=O) groups is 2. The molecule has 43 heavy (non-hydrogen) atoms. The summed E-state index contributed by atoms with van der Waals surface area (Å²) in [4.78, 5) is 28.1. The van der Waals surface area contributed by atoms with E-state index in [2.05, 4.69) is 46.3 Å². The number of nitrogens with zero attached hydrogens (tertiary/aromatic N) is 2. The van der Waals surface area contributed by atoms with Crippen LogP contribution in [0.15, 0.2) is 78.9 Å². The summed E-state index contributed by atoms with van der Waals surface area (Å²) in [6.45, 7) is 7.77. The molecule has 2 saturated heterocycles. The van der Waals surface area contributed by atoms with Crippen molar-refractivity contribution in [2.45, 2.75) is 51.4 Å². The highest BCUT2D eigenvalue weighted by atomic mass is 16.7. The summed E-state index contributed by atoms with van der Waals surface area (Å²) < 4.78 is 13.2. The predicted molar refractivity (Wildman–Crippen MR) is 163 cm³/mol. The molecule has 0 unspecified atom stereocenters. The molecule has 0 aromatic heterocycles. The van der Waals surface area contributed by atoms with Crippen molar-refractivity contribution in [3.8, 4) is 0 Å². The van der Waals surface area contributed by atoms with Crippen molar-refractivity contribution in [2.75, 3.05) is 38.0 Å². The first-order chi connectivity index (χ1) is 20.9. The second kappa shape index (κ2) is 14.7. The van der Waals surface area contributed by atoms with Crippen molar-refractivity contribution < 1.29 is 29.3 Å². The first-order valence-corrected chi connectivity index (χ1v) is 15.0. The number of ether oxygens (including phenoxy) is 2. The molecule has 2 heterocycles. The molecule has 0 spiro atoms. The number of aliphatic hydroxyl groups is 1. The van der Waals surface area contributed by atoms with Crippen molar-refractivity contribution >= 4 is 17.6 Å². The molecular formula is C34H41N3O6. The van der Waals surface area contributed by atoms with Crippen LogP contribution < -0.4 is 5.32 Å². The number of piperazine rings is 1. The second-order valence-electron chi connectivity index (χ2n) is 11.5. The van der Waals surface area contributed by atoms with Crippen LogP contribution in [-0.2, 0) is 32.2 Å². The molecule has 2 fully saturated rings. The Labute approximate surface area is 253 Å². The van der Waals surface area contributed by atoms with E-state index in [0.717, 1.165) is 56.0 Å². The molecule has 3 aromatic rings. The third-order valence-electron chi connectivity index (χ3n) is 8.28. The van der Waals surface area contributed by atoms with E-state index in [1.54, 1.807) is 6.07 Å². The smallest absolute Gasteiger partial charge is 0.303 e. The van der Waals surface area contributed by atoms with E-state index in [4.69, 9.17) is 14.6 Å². The Balaban J connectivity index is 1.29. The maximum Gasteiger partial charge on any atom is 0.303 e. The molecule has 9 nitrogen and oxygen atoms in total. The summed E-state index contributed by atoms with van der Waals surface area (Å²) in [5.74, 6) is -1.30. The first kappa shape index (κ1) is 30.8. The van der Waals surface area contributed by atoms with Crippen molar-refractivity contribution in [1.29, 1.82) is 0 Å². The van der Waals surface area contributed by atoms with E-state index in [0.29, 0.717) is 5.69 Å². The zero-order chi connectivity index (χ0) is 30.2. The van der Waals surface area contributed by atoms with Crippen molar-refractivity contribution in [2.24, 2.45) is 5.92 Å². The van der Waals surface area contributed by atoms with Gasteiger partial charge in [-0.3, -0.25) is 19.4 Å². The van der Waals surface area contributed by atoms with Crippen LogP contribution >= 0.6 is 0 Å². The SMILES string of the molecule is C[C@@H]1[C@H](CN2CCN(Cc3ccccc3)CC2)O[C@H](c2cccc(NC(=O)CCC(=O)O)c2)O[C@@H]1c1ccc(CO)cc1. The van der Waals surface area contributed by atoms with Crippen LogP contribution in [0.2, 0.25) is 0 Å². The molecule has 1 amide bonds. The van der Waals surface area contributed by atoms with E-state index < -0.39 is 12.3 Å². The number of carboxylic acids is 1. The van der Waals surface area contributed by atoms with E-state index in [-0.39, 0.29) is 43.5 Å². The number of hydrogen-bond acceptors (Lipinski definition) is 7. The number of carbonyl (C=O) groups excluding carboxylic acids is 1. The monoisotopic (exact) mass is 587 g/mol. The second-order valence-corrected chi connectivity index (χ2v) is 11.5. The normalized spacial score (nSPS) is 23.1. The minimum absolute atomic E-state index is 0.0169. The summed E-state index contributed by atoms with van der Waals surface area (Å²) >= 11 is 0. The lowest BCUT2D eigenvalue weighted by Crippen LogP contribution is -2.51. The van der Waals surface area contributed by atoms with Gasteiger partial charge in [-0.1, -0.05) is 73.7 Å². The van der Waals surface area contributed by atoms with Crippen molar-refractivity contribution in [1.82, 2.24) is 9.80 Å². The van der Waals surface area contributed by atoms with E-state index in [1.807, 2.05) is 48.5 Å². The molecule has 0 aliphatic carbocycles. The average molecular weight is 588 g/mol. The van der Waals surface area contributed by atoms with Gasteiger partial charge in [0.05, 0.1) is 25.2 Å². The molecule has 228 valence electrons. The van der Waals surface area contributed by atoms with E-state index in [9.17, 15) is 14.7 Å². The van der Waals surface area contributed by atoms with Gasteiger partial charge >= 0.3 is 5.97 Å². The molecule has 0 radical (unpaired) electrons. The molecular weight excluding hydrogens is 546 g/mol. The Hall–Kier alpha value is -3.60. The topological polar surface area (TPSA) is 112 Å². The summed E-state index contributed by atoms with van der Waals surface area (Å²) in [5.41, 5.74) is 4.53. The fourth-order valence-corrected chi connectivity index (χ4v) is 5.76. The van der Waals surface area contributed by atoms with Crippen LogP contribution in [0.3, 0.4) is 0 Å². The molecule has 9 heteroatoms. The lowest BCUT2D eigenvalue weighted by molar-refractivity contribution is -0.276. The van der Waals surface area contributed by atoms with Crippen molar-refractivity contribution in [3.05, 3.63) is 101 Å². The van der Waals surface area contributed by atoms with Crippen LogP contribution in [0.1, 0.15) is 54.4 Å². The first-order valence-electron chi connectivity index (χ1n) is 15.0. The van der Waals surface area contributed by atoms with Gasteiger partial charge in [0, 0.05) is 62.9 Å². The third kappa shape index (κ3) is 8.49. The summed E-state index contributed by atoms with van der Waals surface area (Å²) in [6, 6.07) is 25.8. The lowest BCUT2D eigenvalue weighted by atomic mass is 9.90. The number of rotatable bonds is 11.